The quantitative estimate of drug-likeness (QED) is 0.686. The monoisotopic (exact) mass is 211 g/mol. The van der Waals surface area contributed by atoms with Crippen molar-refractivity contribution in [2.75, 3.05) is 19.6 Å². The third-order valence-corrected chi connectivity index (χ3v) is 2.72. The number of carbonyl (C=O) groups excluding carboxylic acids is 1. The lowest BCUT2D eigenvalue weighted by Crippen LogP contribution is -2.46. The number of urea groups is 1. The molecular weight excluding hydrogens is 190 g/mol. The summed E-state index contributed by atoms with van der Waals surface area (Å²) in [6.45, 7) is 6.67. The molecule has 2 amide bonds. The van der Waals surface area contributed by atoms with Gasteiger partial charge >= 0.3 is 6.03 Å². The minimum absolute atomic E-state index is 0.294. The van der Waals surface area contributed by atoms with Crippen LogP contribution in [-0.2, 0) is 0 Å². The highest BCUT2D eigenvalue weighted by molar-refractivity contribution is 5.72. The van der Waals surface area contributed by atoms with Gasteiger partial charge in [0.1, 0.15) is 0 Å². The van der Waals surface area contributed by atoms with Crippen molar-refractivity contribution >= 4 is 6.03 Å². The van der Waals surface area contributed by atoms with E-state index < -0.39 is 0 Å². The molecule has 0 radical (unpaired) electrons. The molecule has 0 aromatic carbocycles. The van der Waals surface area contributed by atoms with Crippen LogP contribution in [0.4, 0.5) is 4.79 Å². The Kier molecular flexibility index (Phi) is 4.62. The molecular formula is C11H21N3O. The minimum atomic E-state index is -0.294. The van der Waals surface area contributed by atoms with Crippen LogP contribution in [0.15, 0.2) is 11.6 Å². The molecule has 0 spiro atoms. The first-order chi connectivity index (χ1) is 7.09. The summed E-state index contributed by atoms with van der Waals surface area (Å²) in [5, 5.41) is 3.46. The highest BCUT2D eigenvalue weighted by Crippen LogP contribution is 2.09. The fourth-order valence-corrected chi connectivity index (χ4v) is 1.73. The van der Waals surface area contributed by atoms with E-state index in [1.165, 1.54) is 5.57 Å². The van der Waals surface area contributed by atoms with Crippen molar-refractivity contribution in [2.45, 2.75) is 32.7 Å². The number of carbonyl (C=O) groups is 1. The lowest BCUT2D eigenvalue weighted by Gasteiger charge is -2.31. The summed E-state index contributed by atoms with van der Waals surface area (Å²) in [4.78, 5) is 12.6. The topological polar surface area (TPSA) is 58.4 Å². The highest BCUT2D eigenvalue weighted by atomic mass is 16.2. The van der Waals surface area contributed by atoms with Gasteiger partial charge in [-0.15, -0.1) is 0 Å². The van der Waals surface area contributed by atoms with E-state index >= 15 is 0 Å². The van der Waals surface area contributed by atoms with Gasteiger partial charge in [-0.3, -0.25) is 0 Å². The van der Waals surface area contributed by atoms with E-state index in [4.69, 9.17) is 5.73 Å². The molecule has 4 heteroatoms. The number of nitrogens with two attached hydrogens (primary N) is 1. The second-order valence-electron chi connectivity index (χ2n) is 4.29. The summed E-state index contributed by atoms with van der Waals surface area (Å²) in [5.41, 5.74) is 6.54. The maximum Gasteiger partial charge on any atom is 0.314 e. The van der Waals surface area contributed by atoms with Gasteiger partial charge in [0.15, 0.2) is 0 Å². The van der Waals surface area contributed by atoms with E-state index in [0.29, 0.717) is 6.04 Å². The normalized spacial score (nSPS) is 17.6. The van der Waals surface area contributed by atoms with Crippen LogP contribution in [0.2, 0.25) is 0 Å². The third kappa shape index (κ3) is 4.34. The third-order valence-electron chi connectivity index (χ3n) is 2.72. The number of primary amides is 1. The van der Waals surface area contributed by atoms with Crippen molar-refractivity contribution in [3.05, 3.63) is 11.6 Å². The van der Waals surface area contributed by atoms with Gasteiger partial charge in [0.2, 0.25) is 0 Å². The first-order valence-corrected chi connectivity index (χ1v) is 5.50. The fraction of sp³-hybridized carbons (Fsp3) is 0.727. The summed E-state index contributed by atoms with van der Waals surface area (Å²) in [6, 6.07) is 0.231. The minimum Gasteiger partial charge on any atom is -0.351 e. The van der Waals surface area contributed by atoms with Crippen LogP contribution in [0.1, 0.15) is 26.7 Å². The summed E-state index contributed by atoms with van der Waals surface area (Å²) < 4.78 is 0. The Labute approximate surface area is 91.5 Å². The Bertz CT molecular complexity index is 238. The molecule has 0 bridgehead atoms. The van der Waals surface area contributed by atoms with Crippen LogP contribution in [0.5, 0.6) is 0 Å². The van der Waals surface area contributed by atoms with Gasteiger partial charge < -0.3 is 16.0 Å². The van der Waals surface area contributed by atoms with Gasteiger partial charge in [-0.1, -0.05) is 11.6 Å². The molecule has 1 fully saturated rings. The number of likely N-dealkylation sites (tertiary alicyclic amines) is 1. The molecule has 3 N–H and O–H groups in total. The SMILES string of the molecule is CC(C)=CCNC1CCN(C(N)=O)CC1. The number of piperidine rings is 1. The van der Waals surface area contributed by atoms with E-state index in [9.17, 15) is 4.79 Å². The molecule has 1 aliphatic heterocycles. The molecule has 0 aromatic rings. The van der Waals surface area contributed by atoms with Crippen LogP contribution in [0.3, 0.4) is 0 Å². The summed E-state index contributed by atoms with van der Waals surface area (Å²) in [5.74, 6) is 0. The van der Waals surface area contributed by atoms with Gasteiger partial charge in [0, 0.05) is 25.7 Å². The van der Waals surface area contributed by atoms with Crippen LogP contribution in [0.25, 0.3) is 0 Å². The molecule has 86 valence electrons. The molecule has 4 nitrogen and oxygen atoms in total. The smallest absolute Gasteiger partial charge is 0.314 e. The van der Waals surface area contributed by atoms with Crippen molar-refractivity contribution in [1.29, 1.82) is 0 Å². The molecule has 0 unspecified atom stereocenters. The predicted octanol–water partition coefficient (Wildman–Crippen LogP) is 1.09. The number of hydrogen-bond acceptors (Lipinski definition) is 2. The molecule has 0 aromatic heterocycles. The second kappa shape index (κ2) is 5.75. The first kappa shape index (κ1) is 12.0. The maximum atomic E-state index is 10.9. The Balaban J connectivity index is 2.20. The molecule has 1 saturated heterocycles. The molecule has 0 atom stereocenters. The van der Waals surface area contributed by atoms with E-state index in [1.54, 1.807) is 4.90 Å². The summed E-state index contributed by atoms with van der Waals surface area (Å²) in [7, 11) is 0. The fourth-order valence-electron chi connectivity index (χ4n) is 1.73. The van der Waals surface area contributed by atoms with E-state index in [2.05, 4.69) is 25.2 Å². The zero-order valence-corrected chi connectivity index (χ0v) is 9.62. The van der Waals surface area contributed by atoms with E-state index in [0.717, 1.165) is 32.5 Å². The molecule has 1 heterocycles. The summed E-state index contributed by atoms with van der Waals surface area (Å²) >= 11 is 0. The first-order valence-electron chi connectivity index (χ1n) is 5.50. The Hall–Kier alpha value is -1.03. The van der Waals surface area contributed by atoms with Gasteiger partial charge in [0.05, 0.1) is 0 Å². The molecule has 1 aliphatic rings. The largest absolute Gasteiger partial charge is 0.351 e. The number of amides is 2. The molecule has 0 aliphatic carbocycles. The lowest BCUT2D eigenvalue weighted by molar-refractivity contribution is 0.186. The van der Waals surface area contributed by atoms with Crippen molar-refractivity contribution in [3.63, 3.8) is 0 Å². The predicted molar refractivity (Wildman–Crippen MR) is 61.6 cm³/mol. The molecule has 0 saturated carbocycles. The van der Waals surface area contributed by atoms with Gasteiger partial charge in [-0.05, 0) is 26.7 Å². The zero-order chi connectivity index (χ0) is 11.3. The van der Waals surface area contributed by atoms with E-state index in [-0.39, 0.29) is 6.03 Å². The lowest BCUT2D eigenvalue weighted by atomic mass is 10.1. The Morgan fingerprint density at radius 2 is 2.07 bits per heavy atom. The number of rotatable bonds is 3. The van der Waals surface area contributed by atoms with Crippen molar-refractivity contribution in [2.24, 2.45) is 5.73 Å². The number of nitrogens with zero attached hydrogens (tertiary/aromatic N) is 1. The number of hydrogen-bond donors (Lipinski definition) is 2. The van der Waals surface area contributed by atoms with Crippen LogP contribution in [-0.4, -0.2) is 36.6 Å². The van der Waals surface area contributed by atoms with Gasteiger partial charge in [-0.25, -0.2) is 4.79 Å². The molecule has 15 heavy (non-hydrogen) atoms. The van der Waals surface area contributed by atoms with Crippen molar-refractivity contribution in [1.82, 2.24) is 10.2 Å². The Morgan fingerprint density at radius 1 is 1.47 bits per heavy atom. The molecule has 1 rings (SSSR count). The maximum absolute atomic E-state index is 10.9. The Morgan fingerprint density at radius 3 is 2.53 bits per heavy atom. The van der Waals surface area contributed by atoms with Crippen molar-refractivity contribution in [3.8, 4) is 0 Å². The summed E-state index contributed by atoms with van der Waals surface area (Å²) in [6.07, 6.45) is 4.18. The standard InChI is InChI=1S/C11H21N3O/c1-9(2)3-6-13-10-4-7-14(8-5-10)11(12)15/h3,10,13H,4-8H2,1-2H3,(H2,12,15). The van der Waals surface area contributed by atoms with E-state index in [1.807, 2.05) is 0 Å². The highest BCUT2D eigenvalue weighted by Gasteiger charge is 2.19. The van der Waals surface area contributed by atoms with Crippen LogP contribution < -0.4 is 11.1 Å². The average molecular weight is 211 g/mol. The van der Waals surface area contributed by atoms with Gasteiger partial charge in [-0.2, -0.15) is 0 Å². The van der Waals surface area contributed by atoms with Crippen LogP contribution >= 0.6 is 0 Å². The average Bonchev–Trinajstić information content (AvgIpc) is 2.18. The number of allylic oxidation sites excluding steroid dienone is 1. The van der Waals surface area contributed by atoms with Crippen molar-refractivity contribution < 1.29 is 4.79 Å². The second-order valence-corrected chi connectivity index (χ2v) is 4.29. The zero-order valence-electron chi connectivity index (χ0n) is 9.62. The van der Waals surface area contributed by atoms with Gasteiger partial charge in [0.25, 0.3) is 0 Å². The number of nitrogens with one attached hydrogen (secondary N) is 1. The van der Waals surface area contributed by atoms with Crippen LogP contribution in [0, 0.1) is 0 Å².